The van der Waals surface area contributed by atoms with Gasteiger partial charge in [-0.3, -0.25) is 28.9 Å². The fourth-order valence-electron chi connectivity index (χ4n) is 7.12. The van der Waals surface area contributed by atoms with Crippen molar-refractivity contribution in [3.05, 3.63) is 112 Å². The molecule has 2 aromatic heterocycles. The number of carbonyl (C=O) groups excluding carboxylic acids is 6. The Balaban J connectivity index is 0.000000186. The average Bonchev–Trinajstić information content (AvgIpc) is 3.81. The Labute approximate surface area is 372 Å². The van der Waals surface area contributed by atoms with Crippen LogP contribution in [0.4, 0.5) is 5.82 Å². The maximum Gasteiger partial charge on any atom is 0.263 e. The van der Waals surface area contributed by atoms with Crippen LogP contribution in [0.5, 0.6) is 11.5 Å². The van der Waals surface area contributed by atoms with Crippen molar-refractivity contribution in [3.8, 4) is 23.3 Å². The van der Waals surface area contributed by atoms with Crippen molar-refractivity contribution >= 4 is 65.2 Å². The molecule has 7 rings (SSSR count). The Morgan fingerprint density at radius 2 is 1.76 bits per heavy atom. The molecule has 0 saturated carbocycles. The third-order valence-electron chi connectivity index (χ3n) is 10.5. The predicted molar refractivity (Wildman–Crippen MR) is 242 cm³/mol. The Morgan fingerprint density at radius 1 is 0.984 bits per heavy atom. The minimum absolute atomic E-state index is 0.0793. The molecule has 2 aliphatic heterocycles. The number of carbonyl (C=O) groups is 6. The molecule has 5 aromatic rings. The number of H-pyrrole nitrogens is 1. The van der Waals surface area contributed by atoms with Crippen molar-refractivity contribution in [1.82, 2.24) is 30.1 Å². The Kier molecular flexibility index (Phi) is 18.0. The van der Waals surface area contributed by atoms with E-state index >= 15 is 0 Å². The summed E-state index contributed by atoms with van der Waals surface area (Å²) < 4.78 is 5.56. The molecule has 0 radical (unpaired) electrons. The molecule has 0 aliphatic carbocycles. The van der Waals surface area contributed by atoms with E-state index in [9.17, 15) is 28.8 Å². The molecular formula is C48H52ClN7O7. The molecule has 1 saturated heterocycles. The second kappa shape index (κ2) is 24.0. The van der Waals surface area contributed by atoms with Gasteiger partial charge >= 0.3 is 0 Å². The lowest BCUT2D eigenvalue weighted by atomic mass is 10.0. The largest absolute Gasteiger partial charge is 0.457 e. The van der Waals surface area contributed by atoms with Gasteiger partial charge in [-0.2, -0.15) is 0 Å². The smallest absolute Gasteiger partial charge is 0.263 e. The Morgan fingerprint density at radius 3 is 2.44 bits per heavy atom. The molecule has 0 bridgehead atoms. The monoisotopic (exact) mass is 873 g/mol. The zero-order chi connectivity index (χ0) is 45.1. The number of anilines is 1. The van der Waals surface area contributed by atoms with Gasteiger partial charge in [0.25, 0.3) is 11.8 Å². The van der Waals surface area contributed by atoms with Crippen LogP contribution in [0, 0.1) is 18.8 Å². The maximum atomic E-state index is 13.0. The molecule has 1 fully saturated rings. The van der Waals surface area contributed by atoms with Crippen LogP contribution in [-0.2, 0) is 14.4 Å². The number of imide groups is 1. The summed E-state index contributed by atoms with van der Waals surface area (Å²) in [5.74, 6) is 6.80. The minimum atomic E-state index is -1.02. The van der Waals surface area contributed by atoms with Gasteiger partial charge in [-0.25, -0.2) is 9.97 Å². The number of aldehydes is 2. The number of likely N-dealkylation sites (tertiary alicyclic amines) is 1. The maximum absolute atomic E-state index is 13.0. The van der Waals surface area contributed by atoms with Crippen molar-refractivity contribution in [2.75, 3.05) is 25.5 Å². The molecule has 4 amide bonds. The normalized spacial score (nSPS) is 13.6. The summed E-state index contributed by atoms with van der Waals surface area (Å²) in [6, 6.07) is 18.7. The summed E-state index contributed by atoms with van der Waals surface area (Å²) in [5, 5.41) is 7.39. The number of benzene rings is 3. The number of ether oxygens (including phenoxy) is 1. The molecule has 14 nitrogen and oxygen atoms in total. The lowest BCUT2D eigenvalue weighted by Crippen LogP contribution is -2.48. The van der Waals surface area contributed by atoms with E-state index in [0.29, 0.717) is 40.5 Å². The first-order chi connectivity index (χ1) is 30.6. The number of likely N-dealkylation sites (N-methyl/N-ethyl adjacent to an activating group) is 1. The van der Waals surface area contributed by atoms with Crippen LogP contribution >= 0.6 is 11.6 Å². The van der Waals surface area contributed by atoms with Gasteiger partial charge in [0.15, 0.2) is 6.29 Å². The number of aromatic nitrogens is 3. The van der Waals surface area contributed by atoms with Crippen molar-refractivity contribution in [3.63, 3.8) is 0 Å². The van der Waals surface area contributed by atoms with E-state index in [1.165, 1.54) is 13.5 Å². The van der Waals surface area contributed by atoms with Crippen LogP contribution in [-0.4, -0.2) is 93.7 Å². The number of para-hydroxylation sites is 1. The first-order valence-corrected chi connectivity index (χ1v) is 21.4. The van der Waals surface area contributed by atoms with Crippen molar-refractivity contribution < 1.29 is 33.5 Å². The number of aromatic amines is 1. The number of unbranched alkanes of at least 4 members (excludes halogenated alkanes) is 4. The van der Waals surface area contributed by atoms with Crippen LogP contribution in [0.3, 0.4) is 0 Å². The van der Waals surface area contributed by atoms with Gasteiger partial charge in [-0.15, -0.1) is 0 Å². The topological polar surface area (TPSA) is 184 Å². The average molecular weight is 874 g/mol. The summed E-state index contributed by atoms with van der Waals surface area (Å²) in [4.78, 5) is 84.5. The Bertz CT molecular complexity index is 2440. The van der Waals surface area contributed by atoms with Crippen LogP contribution in [0.25, 0.3) is 11.0 Å². The molecule has 63 heavy (non-hydrogen) atoms. The number of amides is 4. The number of rotatable bonds is 15. The standard InChI is InChI=1S/C22H26N2O4.C13H9ClO2.C13H17N5O/c1-3-4-5-6-7-8-11-16-12-9-13-17-19(16)22(28)24(21(17)27)18(14-10-15-25)20(26)23-2;14-13-8-12(7-6-10(13)9-15)16-11-4-2-1-3-5-11;1-9-6-14-12-11(9)13(16-7-15-12)17-10-2-4-18(8-19)5-3-10/h9,12-13,15,18H,3-7,10,14H2,1-2H3,(H,23,26);1-9H;6-8,10H,2-5H2,1H3,(H2,14,15,16,17). The van der Waals surface area contributed by atoms with Gasteiger partial charge in [0.05, 0.1) is 21.5 Å². The minimum Gasteiger partial charge on any atom is -0.457 e. The van der Waals surface area contributed by atoms with E-state index in [1.807, 2.05) is 48.4 Å². The second-order valence-electron chi connectivity index (χ2n) is 14.9. The fraction of sp³-hybridized carbons (Fsp3) is 0.333. The number of nitrogens with one attached hydrogen (secondary N) is 3. The summed E-state index contributed by atoms with van der Waals surface area (Å²) in [5.41, 5.74) is 3.46. The van der Waals surface area contributed by atoms with E-state index in [2.05, 4.69) is 44.4 Å². The molecule has 1 unspecified atom stereocenters. The van der Waals surface area contributed by atoms with Crippen molar-refractivity contribution in [2.24, 2.45) is 0 Å². The third kappa shape index (κ3) is 12.6. The highest BCUT2D eigenvalue weighted by Crippen LogP contribution is 2.30. The van der Waals surface area contributed by atoms with Gasteiger partial charge in [-0.1, -0.05) is 73.9 Å². The number of hydrogen-bond donors (Lipinski definition) is 3. The van der Waals surface area contributed by atoms with Gasteiger partial charge < -0.3 is 30.0 Å². The molecule has 3 N–H and O–H groups in total. The third-order valence-corrected chi connectivity index (χ3v) is 10.8. The molecule has 2 aliphatic rings. The molecule has 4 heterocycles. The molecule has 0 spiro atoms. The second-order valence-corrected chi connectivity index (χ2v) is 15.3. The van der Waals surface area contributed by atoms with Gasteiger partial charge in [0.2, 0.25) is 12.3 Å². The summed E-state index contributed by atoms with van der Waals surface area (Å²) in [6.07, 6.45) is 13.1. The number of halogens is 1. The Hall–Kier alpha value is -6.85. The highest BCUT2D eigenvalue weighted by Gasteiger charge is 2.43. The molecule has 15 heteroatoms. The van der Waals surface area contributed by atoms with E-state index in [-0.39, 0.29) is 24.0 Å². The van der Waals surface area contributed by atoms with E-state index in [0.717, 1.165) is 91.1 Å². The van der Waals surface area contributed by atoms with Crippen LogP contribution < -0.4 is 15.4 Å². The highest BCUT2D eigenvalue weighted by molar-refractivity contribution is 6.33. The van der Waals surface area contributed by atoms with Crippen molar-refractivity contribution in [1.29, 1.82) is 0 Å². The number of hydrogen-bond acceptors (Lipinski definition) is 10. The summed E-state index contributed by atoms with van der Waals surface area (Å²) in [7, 11) is 1.43. The van der Waals surface area contributed by atoms with Crippen LogP contribution in [0.15, 0.2) is 79.3 Å². The van der Waals surface area contributed by atoms with E-state index < -0.39 is 23.8 Å². The van der Waals surface area contributed by atoms with Crippen molar-refractivity contribution in [2.45, 2.75) is 83.7 Å². The van der Waals surface area contributed by atoms with Gasteiger partial charge in [0, 0.05) is 62.4 Å². The fourth-order valence-corrected chi connectivity index (χ4v) is 7.33. The zero-order valence-electron chi connectivity index (χ0n) is 35.7. The molecule has 3 aromatic carbocycles. The lowest BCUT2D eigenvalue weighted by Gasteiger charge is -2.30. The zero-order valence-corrected chi connectivity index (χ0v) is 36.5. The van der Waals surface area contributed by atoms with Gasteiger partial charge in [-0.05, 0) is 74.6 Å². The van der Waals surface area contributed by atoms with Crippen LogP contribution in [0.1, 0.15) is 107 Å². The first-order valence-electron chi connectivity index (χ1n) is 21.0. The number of fused-ring (bicyclic) bond motifs is 2. The lowest BCUT2D eigenvalue weighted by molar-refractivity contribution is -0.125. The van der Waals surface area contributed by atoms with Crippen LogP contribution in [0.2, 0.25) is 5.02 Å². The molecular weight excluding hydrogens is 822 g/mol. The predicted octanol–water partition coefficient (Wildman–Crippen LogP) is 7.94. The SMILES string of the molecule is CCCCCCC#Cc1cccc2c1C(=O)N(C(CCC=O)C(=O)NC)C2=O.Cc1c[nH]c2ncnc(NC3CCN(C=O)CC3)c12.O=Cc1ccc(Oc2ccccc2)cc1Cl. The molecule has 328 valence electrons. The summed E-state index contributed by atoms with van der Waals surface area (Å²) in [6.45, 7) is 5.81. The van der Waals surface area contributed by atoms with E-state index in [1.54, 1.807) is 42.7 Å². The quantitative estimate of drug-likeness (QED) is 0.0404. The first kappa shape index (κ1) is 47.2. The molecule has 1 atom stereocenters. The summed E-state index contributed by atoms with van der Waals surface area (Å²) >= 11 is 5.88. The number of piperidine rings is 1. The number of nitrogens with zero attached hydrogens (tertiary/aromatic N) is 4. The van der Waals surface area contributed by atoms with E-state index in [4.69, 9.17) is 16.3 Å². The van der Waals surface area contributed by atoms with Gasteiger partial charge in [0.1, 0.15) is 41.6 Å². The highest BCUT2D eigenvalue weighted by atomic mass is 35.5. The number of aryl methyl sites for hydroxylation is 1.